The van der Waals surface area contributed by atoms with Crippen LogP contribution in [0.4, 0.5) is 10.6 Å². The molecule has 2 aliphatic rings. The van der Waals surface area contributed by atoms with Gasteiger partial charge >= 0.3 is 6.03 Å². The largest absolute Gasteiger partial charge is 0.383 e. The van der Waals surface area contributed by atoms with Gasteiger partial charge in [-0.25, -0.2) is 9.78 Å². The van der Waals surface area contributed by atoms with Crippen molar-refractivity contribution in [3.05, 3.63) is 40.3 Å². The molecule has 1 saturated heterocycles. The summed E-state index contributed by atoms with van der Waals surface area (Å²) in [5.74, 6) is 0.402. The van der Waals surface area contributed by atoms with Crippen molar-refractivity contribution >= 4 is 40.0 Å². The van der Waals surface area contributed by atoms with Crippen LogP contribution in [0.2, 0.25) is 0 Å². The second-order valence-electron chi connectivity index (χ2n) is 11.6. The molecule has 2 aromatic heterocycles. The summed E-state index contributed by atoms with van der Waals surface area (Å²) >= 11 is 1.52. The Hall–Kier alpha value is -3.02. The van der Waals surface area contributed by atoms with Gasteiger partial charge in [-0.05, 0) is 65.5 Å². The first-order valence-corrected chi connectivity index (χ1v) is 14.1. The molecule has 0 unspecified atom stereocenters. The van der Waals surface area contributed by atoms with Gasteiger partial charge in [0.1, 0.15) is 10.6 Å². The van der Waals surface area contributed by atoms with Crippen LogP contribution in [0.3, 0.4) is 0 Å². The standard InChI is InChI=1S/C27H37N7O3S/c1-17-5-6-21-20(13-17)23(32-34(21)25(36)31-26(2,3)4)29-14-22(35)30-18-15-33(16-18)19-7-9-27(37,10-8-19)24-28-11-12-38-24/h5-6,11-13,18-19,37H,7-10,14-16H2,1-4H3,(H,29,32)(H,30,35)(H,31,36). The number of nitrogens with zero attached hydrogens (tertiary/aromatic N) is 4. The highest BCUT2D eigenvalue weighted by Gasteiger charge is 2.41. The summed E-state index contributed by atoms with van der Waals surface area (Å²) in [7, 11) is 0. The number of hydrogen-bond acceptors (Lipinski definition) is 8. The number of nitrogens with one attached hydrogen (secondary N) is 3. The van der Waals surface area contributed by atoms with E-state index >= 15 is 0 Å². The number of likely N-dealkylation sites (tertiary alicyclic amines) is 1. The fourth-order valence-corrected chi connectivity index (χ4v) is 6.14. The molecule has 2 fully saturated rings. The van der Waals surface area contributed by atoms with Crippen molar-refractivity contribution in [1.82, 2.24) is 30.3 Å². The summed E-state index contributed by atoms with van der Waals surface area (Å²) in [6, 6.07) is 6.00. The molecule has 0 radical (unpaired) electrons. The van der Waals surface area contributed by atoms with E-state index in [2.05, 4.69) is 30.9 Å². The van der Waals surface area contributed by atoms with Crippen LogP contribution in [-0.4, -0.2) is 74.0 Å². The number of anilines is 1. The lowest BCUT2D eigenvalue weighted by Crippen LogP contribution is -2.63. The van der Waals surface area contributed by atoms with Crippen molar-refractivity contribution in [1.29, 1.82) is 0 Å². The van der Waals surface area contributed by atoms with Crippen molar-refractivity contribution in [3.8, 4) is 0 Å². The van der Waals surface area contributed by atoms with Crippen molar-refractivity contribution in [2.75, 3.05) is 25.0 Å². The van der Waals surface area contributed by atoms with E-state index in [0.29, 0.717) is 17.4 Å². The van der Waals surface area contributed by atoms with Gasteiger partial charge in [-0.1, -0.05) is 11.6 Å². The highest BCUT2D eigenvalue weighted by atomic mass is 32.1. The zero-order chi connectivity index (χ0) is 27.1. The SMILES string of the molecule is Cc1ccc2c(c1)c(NCC(=O)NC1CN(C3CCC(O)(c4nccs4)CC3)C1)nn2C(=O)NC(C)(C)C. The van der Waals surface area contributed by atoms with Crippen LogP contribution in [-0.2, 0) is 10.4 Å². The number of carbonyl (C=O) groups is 2. The predicted molar refractivity (Wildman–Crippen MR) is 148 cm³/mol. The molecule has 4 N–H and O–H groups in total. The molecular weight excluding hydrogens is 502 g/mol. The number of benzene rings is 1. The molecule has 38 heavy (non-hydrogen) atoms. The average molecular weight is 540 g/mol. The first-order valence-electron chi connectivity index (χ1n) is 13.2. The molecule has 1 aromatic carbocycles. The summed E-state index contributed by atoms with van der Waals surface area (Å²) in [5, 5.41) is 28.1. The topological polar surface area (TPSA) is 124 Å². The van der Waals surface area contributed by atoms with Crippen molar-refractivity contribution in [2.45, 2.75) is 76.6 Å². The van der Waals surface area contributed by atoms with Gasteiger partial charge < -0.3 is 21.1 Å². The number of hydrogen-bond donors (Lipinski definition) is 4. The minimum absolute atomic E-state index is 0.0712. The van der Waals surface area contributed by atoms with E-state index in [1.807, 2.05) is 51.3 Å². The monoisotopic (exact) mass is 539 g/mol. The first-order chi connectivity index (χ1) is 18.0. The third-order valence-corrected chi connectivity index (χ3v) is 8.30. The maximum absolute atomic E-state index is 12.8. The maximum atomic E-state index is 12.8. The lowest BCUT2D eigenvalue weighted by atomic mass is 9.81. The van der Waals surface area contributed by atoms with Crippen LogP contribution >= 0.6 is 11.3 Å². The Labute approximate surface area is 226 Å². The number of thiazole rings is 1. The molecule has 5 rings (SSSR count). The number of aliphatic hydroxyl groups is 1. The summed E-state index contributed by atoms with van der Waals surface area (Å²) in [5.41, 5.74) is 0.537. The second kappa shape index (κ2) is 10.3. The van der Waals surface area contributed by atoms with Crippen molar-refractivity contribution < 1.29 is 14.7 Å². The zero-order valence-corrected chi connectivity index (χ0v) is 23.3. The molecule has 0 spiro atoms. The van der Waals surface area contributed by atoms with Gasteiger partial charge in [0.15, 0.2) is 5.82 Å². The van der Waals surface area contributed by atoms with E-state index < -0.39 is 11.1 Å². The fraction of sp³-hybridized carbons (Fsp3) is 0.556. The molecule has 204 valence electrons. The Morgan fingerprint density at radius 1 is 1.21 bits per heavy atom. The van der Waals surface area contributed by atoms with Crippen molar-refractivity contribution in [3.63, 3.8) is 0 Å². The number of aromatic nitrogens is 3. The van der Waals surface area contributed by atoms with Gasteiger partial charge in [0.25, 0.3) is 0 Å². The lowest BCUT2D eigenvalue weighted by Gasteiger charge is -2.47. The first kappa shape index (κ1) is 26.6. The van der Waals surface area contributed by atoms with Gasteiger partial charge in [0.2, 0.25) is 5.91 Å². The van der Waals surface area contributed by atoms with Gasteiger partial charge in [-0.3, -0.25) is 9.69 Å². The molecule has 1 aliphatic heterocycles. The number of rotatable bonds is 6. The molecule has 11 heteroatoms. The summed E-state index contributed by atoms with van der Waals surface area (Å²) in [6.07, 6.45) is 5.04. The number of fused-ring (bicyclic) bond motifs is 1. The van der Waals surface area contributed by atoms with E-state index in [4.69, 9.17) is 0 Å². The van der Waals surface area contributed by atoms with Crippen molar-refractivity contribution in [2.24, 2.45) is 0 Å². The number of amides is 2. The molecule has 2 amide bonds. The number of carbonyl (C=O) groups excluding carboxylic acids is 2. The van der Waals surface area contributed by atoms with Crippen LogP contribution in [0, 0.1) is 6.92 Å². The second-order valence-corrected chi connectivity index (χ2v) is 12.5. The van der Waals surface area contributed by atoms with Crippen LogP contribution in [0.1, 0.15) is 57.0 Å². The molecule has 1 aliphatic carbocycles. The minimum Gasteiger partial charge on any atom is -0.383 e. The highest BCUT2D eigenvalue weighted by Crippen LogP contribution is 2.40. The Morgan fingerprint density at radius 3 is 2.61 bits per heavy atom. The fourth-order valence-electron chi connectivity index (χ4n) is 5.35. The van der Waals surface area contributed by atoms with E-state index in [9.17, 15) is 14.7 Å². The van der Waals surface area contributed by atoms with Crippen LogP contribution in [0.25, 0.3) is 10.9 Å². The average Bonchev–Trinajstić information content (AvgIpc) is 3.48. The van der Waals surface area contributed by atoms with Gasteiger partial charge in [-0.15, -0.1) is 16.4 Å². The summed E-state index contributed by atoms with van der Waals surface area (Å²) in [4.78, 5) is 32.2. The quantitative estimate of drug-likeness (QED) is 0.379. The Morgan fingerprint density at radius 2 is 1.95 bits per heavy atom. The van der Waals surface area contributed by atoms with Crippen LogP contribution < -0.4 is 16.0 Å². The predicted octanol–water partition coefficient (Wildman–Crippen LogP) is 3.20. The van der Waals surface area contributed by atoms with Gasteiger partial charge in [-0.2, -0.15) is 4.68 Å². The Balaban J connectivity index is 1.12. The zero-order valence-electron chi connectivity index (χ0n) is 22.5. The van der Waals surface area contributed by atoms with E-state index in [-0.39, 0.29) is 24.5 Å². The summed E-state index contributed by atoms with van der Waals surface area (Å²) < 4.78 is 1.35. The third kappa shape index (κ3) is 5.69. The minimum atomic E-state index is -0.794. The highest BCUT2D eigenvalue weighted by molar-refractivity contribution is 7.09. The normalized spacial score (nSPS) is 22.7. The molecule has 3 aromatic rings. The van der Waals surface area contributed by atoms with Crippen LogP contribution in [0.5, 0.6) is 0 Å². The van der Waals surface area contributed by atoms with E-state index in [1.165, 1.54) is 16.0 Å². The van der Waals surface area contributed by atoms with Gasteiger partial charge in [0.05, 0.1) is 18.1 Å². The Bertz CT molecular complexity index is 1300. The third-order valence-electron chi connectivity index (χ3n) is 7.33. The number of aryl methyl sites for hydroxylation is 1. The molecule has 3 heterocycles. The molecule has 0 bridgehead atoms. The molecule has 0 atom stereocenters. The summed E-state index contributed by atoms with van der Waals surface area (Å²) in [6.45, 7) is 9.44. The maximum Gasteiger partial charge on any atom is 0.343 e. The van der Waals surface area contributed by atoms with E-state index in [0.717, 1.165) is 54.7 Å². The lowest BCUT2D eigenvalue weighted by molar-refractivity contribution is -0.121. The smallest absolute Gasteiger partial charge is 0.343 e. The van der Waals surface area contributed by atoms with Gasteiger partial charge in [0, 0.05) is 41.6 Å². The Kier molecular flexibility index (Phi) is 7.19. The molecular formula is C27H37N7O3S. The van der Waals surface area contributed by atoms with Crippen LogP contribution in [0.15, 0.2) is 29.8 Å². The van der Waals surface area contributed by atoms with E-state index in [1.54, 1.807) is 6.20 Å². The molecule has 10 nitrogen and oxygen atoms in total. The molecule has 1 saturated carbocycles.